The zero-order valence-corrected chi connectivity index (χ0v) is 18.0. The molecule has 1 amide bonds. The van der Waals surface area contributed by atoms with E-state index in [2.05, 4.69) is 12.2 Å². The largest absolute Gasteiger partial charge is 0.469 e. The van der Waals surface area contributed by atoms with Crippen LogP contribution in [0.25, 0.3) is 0 Å². The molecule has 1 unspecified atom stereocenters. The number of methoxy groups -OCH3 is 1. The smallest absolute Gasteiger partial charge is 0.407 e. The Morgan fingerprint density at radius 3 is 2.62 bits per heavy atom. The van der Waals surface area contributed by atoms with Crippen LogP contribution in [0, 0.1) is 5.92 Å². The van der Waals surface area contributed by atoms with Crippen LogP contribution in [0.4, 0.5) is 4.79 Å². The molecule has 1 atom stereocenters. The van der Waals surface area contributed by atoms with Crippen molar-refractivity contribution in [3.63, 3.8) is 0 Å². The molecule has 7 heteroatoms. The SMILES string of the molecule is CC/C=C\CCOC(=O)NCC(=O)OC1=C(CCCCC)C(CC(=O)OC)CC1. The maximum Gasteiger partial charge on any atom is 0.407 e. The molecule has 1 N–H and O–H groups in total. The molecule has 0 aromatic rings. The van der Waals surface area contributed by atoms with Crippen molar-refractivity contribution < 1.29 is 28.6 Å². The van der Waals surface area contributed by atoms with E-state index in [0.29, 0.717) is 25.0 Å². The third-order valence-electron chi connectivity index (χ3n) is 4.80. The van der Waals surface area contributed by atoms with Gasteiger partial charge in [-0.3, -0.25) is 4.79 Å². The third-order valence-corrected chi connectivity index (χ3v) is 4.80. The molecule has 0 heterocycles. The highest BCUT2D eigenvalue weighted by atomic mass is 16.6. The van der Waals surface area contributed by atoms with Gasteiger partial charge in [-0.1, -0.05) is 38.8 Å². The summed E-state index contributed by atoms with van der Waals surface area (Å²) in [5.74, 6) is -0.0978. The second-order valence-corrected chi connectivity index (χ2v) is 7.05. The molecule has 29 heavy (non-hydrogen) atoms. The summed E-state index contributed by atoms with van der Waals surface area (Å²) in [5, 5.41) is 2.41. The molecule has 164 valence electrons. The monoisotopic (exact) mass is 409 g/mol. The summed E-state index contributed by atoms with van der Waals surface area (Å²) in [6.45, 7) is 4.17. The summed E-state index contributed by atoms with van der Waals surface area (Å²) >= 11 is 0. The lowest BCUT2D eigenvalue weighted by atomic mass is 9.93. The molecule has 1 aliphatic carbocycles. The summed E-state index contributed by atoms with van der Waals surface area (Å²) in [7, 11) is 1.38. The van der Waals surface area contributed by atoms with Gasteiger partial charge < -0.3 is 19.5 Å². The number of carbonyl (C=O) groups excluding carboxylic acids is 3. The van der Waals surface area contributed by atoms with Crippen LogP contribution in [-0.4, -0.2) is 38.3 Å². The average Bonchev–Trinajstić information content (AvgIpc) is 3.07. The van der Waals surface area contributed by atoms with Gasteiger partial charge in [0.05, 0.1) is 20.1 Å². The van der Waals surface area contributed by atoms with Gasteiger partial charge in [-0.15, -0.1) is 0 Å². The molecule has 0 aromatic carbocycles. The van der Waals surface area contributed by atoms with Gasteiger partial charge in [-0.25, -0.2) is 9.59 Å². The average molecular weight is 410 g/mol. The maximum absolute atomic E-state index is 12.1. The molecular weight excluding hydrogens is 374 g/mol. The minimum absolute atomic E-state index is 0.0520. The molecule has 0 spiro atoms. The Morgan fingerprint density at radius 1 is 1.14 bits per heavy atom. The predicted octanol–water partition coefficient (Wildman–Crippen LogP) is 4.42. The Hall–Kier alpha value is -2.31. The number of ether oxygens (including phenoxy) is 3. The van der Waals surface area contributed by atoms with E-state index in [1.807, 2.05) is 19.1 Å². The second-order valence-electron chi connectivity index (χ2n) is 7.05. The van der Waals surface area contributed by atoms with Crippen molar-refractivity contribution in [3.05, 3.63) is 23.5 Å². The molecule has 0 saturated heterocycles. The normalized spacial score (nSPS) is 16.2. The number of esters is 2. The first-order valence-electron chi connectivity index (χ1n) is 10.6. The quantitative estimate of drug-likeness (QED) is 0.210. The molecule has 7 nitrogen and oxygen atoms in total. The van der Waals surface area contributed by atoms with Crippen molar-refractivity contribution in [1.29, 1.82) is 0 Å². The third kappa shape index (κ3) is 10.1. The zero-order chi connectivity index (χ0) is 21.5. The molecule has 0 bridgehead atoms. The minimum atomic E-state index is -0.640. The summed E-state index contributed by atoms with van der Waals surface area (Å²) in [4.78, 5) is 35.5. The van der Waals surface area contributed by atoms with Gasteiger partial charge in [-0.05, 0) is 43.6 Å². The van der Waals surface area contributed by atoms with Crippen molar-refractivity contribution in [1.82, 2.24) is 5.32 Å². The number of allylic oxidation sites excluding steroid dienone is 3. The van der Waals surface area contributed by atoms with E-state index >= 15 is 0 Å². The number of alkyl carbamates (subject to hydrolysis) is 1. The molecule has 0 aliphatic heterocycles. The first-order chi connectivity index (χ1) is 14.0. The van der Waals surface area contributed by atoms with Crippen LogP contribution < -0.4 is 5.32 Å². The lowest BCUT2D eigenvalue weighted by molar-refractivity contribution is -0.141. The first-order valence-corrected chi connectivity index (χ1v) is 10.6. The highest BCUT2D eigenvalue weighted by molar-refractivity contribution is 5.78. The molecule has 1 rings (SSSR count). The Morgan fingerprint density at radius 2 is 1.93 bits per heavy atom. The van der Waals surface area contributed by atoms with E-state index in [0.717, 1.165) is 44.1 Å². The minimum Gasteiger partial charge on any atom is -0.469 e. The zero-order valence-electron chi connectivity index (χ0n) is 18.0. The van der Waals surface area contributed by atoms with Gasteiger partial charge in [-0.2, -0.15) is 0 Å². The highest BCUT2D eigenvalue weighted by Crippen LogP contribution is 2.38. The van der Waals surface area contributed by atoms with E-state index in [1.165, 1.54) is 7.11 Å². The van der Waals surface area contributed by atoms with Gasteiger partial charge in [0.25, 0.3) is 0 Å². The van der Waals surface area contributed by atoms with Crippen LogP contribution in [-0.2, 0) is 23.8 Å². The molecule has 0 radical (unpaired) electrons. The number of hydrogen-bond donors (Lipinski definition) is 1. The first kappa shape index (κ1) is 24.7. The number of carbonyl (C=O) groups is 3. The molecule has 0 aromatic heterocycles. The van der Waals surface area contributed by atoms with Gasteiger partial charge in [0.2, 0.25) is 0 Å². The van der Waals surface area contributed by atoms with Crippen molar-refractivity contribution in [2.75, 3.05) is 20.3 Å². The van der Waals surface area contributed by atoms with Gasteiger partial charge >= 0.3 is 18.0 Å². The van der Waals surface area contributed by atoms with Gasteiger partial charge in [0.15, 0.2) is 0 Å². The van der Waals surface area contributed by atoms with E-state index < -0.39 is 12.1 Å². The number of amides is 1. The number of unbranched alkanes of at least 4 members (excludes halogenated alkanes) is 2. The van der Waals surface area contributed by atoms with Crippen molar-refractivity contribution in [2.24, 2.45) is 5.92 Å². The second kappa shape index (κ2) is 14.7. The van der Waals surface area contributed by atoms with Crippen molar-refractivity contribution in [2.45, 2.75) is 71.6 Å². The van der Waals surface area contributed by atoms with Crippen molar-refractivity contribution in [3.8, 4) is 0 Å². The van der Waals surface area contributed by atoms with E-state index in [-0.39, 0.29) is 25.0 Å². The fourth-order valence-electron chi connectivity index (χ4n) is 3.28. The van der Waals surface area contributed by atoms with E-state index in [1.54, 1.807) is 0 Å². The predicted molar refractivity (Wildman–Crippen MR) is 110 cm³/mol. The van der Waals surface area contributed by atoms with Crippen LogP contribution in [0.2, 0.25) is 0 Å². The molecule has 0 fully saturated rings. The Bertz CT molecular complexity index is 596. The summed E-state index contributed by atoms with van der Waals surface area (Å²) in [6.07, 6.45) is 10.5. The maximum atomic E-state index is 12.1. The number of rotatable bonds is 13. The Balaban J connectivity index is 2.52. The summed E-state index contributed by atoms with van der Waals surface area (Å²) < 4.78 is 15.3. The van der Waals surface area contributed by atoms with Crippen LogP contribution in [0.1, 0.15) is 71.6 Å². The lowest BCUT2D eigenvalue weighted by Crippen LogP contribution is -2.31. The number of hydrogen-bond acceptors (Lipinski definition) is 6. The molecule has 0 saturated carbocycles. The molecule has 1 aliphatic rings. The number of nitrogens with one attached hydrogen (secondary N) is 1. The Kier molecular flexibility index (Phi) is 12.5. The van der Waals surface area contributed by atoms with Gasteiger partial charge in [0, 0.05) is 6.42 Å². The highest BCUT2D eigenvalue weighted by Gasteiger charge is 2.29. The van der Waals surface area contributed by atoms with E-state index in [9.17, 15) is 14.4 Å². The summed E-state index contributed by atoms with van der Waals surface area (Å²) in [6, 6.07) is 0. The van der Waals surface area contributed by atoms with Crippen LogP contribution in [0.5, 0.6) is 0 Å². The van der Waals surface area contributed by atoms with Crippen LogP contribution in [0.15, 0.2) is 23.5 Å². The van der Waals surface area contributed by atoms with Crippen LogP contribution >= 0.6 is 0 Å². The van der Waals surface area contributed by atoms with Crippen molar-refractivity contribution >= 4 is 18.0 Å². The molecular formula is C22H35NO6. The lowest BCUT2D eigenvalue weighted by Gasteiger charge is -2.14. The standard InChI is InChI=1S/C22H35NO6/c1-4-6-8-10-14-28-22(26)23-16-21(25)29-19-13-12-17(15-20(24)27-3)18(19)11-9-7-5-2/h6,8,17H,4-5,7,9-16H2,1-3H3,(H,23,26)/b8-6-. The Labute approximate surface area is 173 Å². The fourth-order valence-corrected chi connectivity index (χ4v) is 3.28. The van der Waals surface area contributed by atoms with Crippen LogP contribution in [0.3, 0.4) is 0 Å². The summed E-state index contributed by atoms with van der Waals surface area (Å²) in [5.41, 5.74) is 1.03. The van der Waals surface area contributed by atoms with Gasteiger partial charge in [0.1, 0.15) is 12.3 Å². The fraction of sp³-hybridized carbons (Fsp3) is 0.682. The topological polar surface area (TPSA) is 90.9 Å². The van der Waals surface area contributed by atoms with E-state index in [4.69, 9.17) is 14.2 Å².